The second kappa shape index (κ2) is 4.98. The normalized spacial score (nSPS) is 36.8. The van der Waals surface area contributed by atoms with Crippen LogP contribution in [-0.2, 0) is 10.5 Å². The number of ether oxygens (including phenoxy) is 1. The van der Waals surface area contributed by atoms with Crippen LogP contribution in [0.3, 0.4) is 0 Å². The van der Waals surface area contributed by atoms with Gasteiger partial charge in [0.25, 0.3) is 5.91 Å². The van der Waals surface area contributed by atoms with Crippen molar-refractivity contribution in [2.24, 2.45) is 17.8 Å². The summed E-state index contributed by atoms with van der Waals surface area (Å²) in [5.74, 6) is 2.03. The van der Waals surface area contributed by atoms with Crippen LogP contribution < -0.4 is 0 Å². The highest BCUT2D eigenvalue weighted by Crippen LogP contribution is 2.59. The Balaban J connectivity index is 1.59. The van der Waals surface area contributed by atoms with Gasteiger partial charge in [0.15, 0.2) is 5.72 Å². The van der Waals surface area contributed by atoms with Crippen LogP contribution in [0.5, 0.6) is 0 Å². The Kier molecular flexibility index (Phi) is 2.87. The predicted molar refractivity (Wildman–Crippen MR) is 98.6 cm³/mol. The van der Waals surface area contributed by atoms with Crippen molar-refractivity contribution < 1.29 is 9.53 Å². The van der Waals surface area contributed by atoms with E-state index >= 15 is 0 Å². The summed E-state index contributed by atoms with van der Waals surface area (Å²) in [5.41, 5.74) is 3.41. The van der Waals surface area contributed by atoms with Crippen LogP contribution in [0.25, 0.3) is 0 Å². The van der Waals surface area contributed by atoms with Crippen molar-refractivity contribution in [1.29, 1.82) is 0 Å². The van der Waals surface area contributed by atoms with E-state index in [0.29, 0.717) is 17.9 Å². The Bertz CT molecular complexity index is 905. The molecule has 132 valence electrons. The minimum absolute atomic E-state index is 0.156. The number of benzene rings is 2. The molecule has 1 saturated heterocycles. The van der Waals surface area contributed by atoms with Gasteiger partial charge < -0.3 is 4.74 Å². The third kappa shape index (κ3) is 1.65. The predicted octanol–water partition coefficient (Wildman–Crippen LogP) is 4.10. The van der Waals surface area contributed by atoms with Crippen LogP contribution in [0.15, 0.2) is 48.5 Å². The number of nitrogens with zero attached hydrogens (tertiary/aromatic N) is 1. The maximum atomic E-state index is 13.5. The summed E-state index contributed by atoms with van der Waals surface area (Å²) in [6, 6.07) is 16.9. The quantitative estimate of drug-likeness (QED) is 0.779. The van der Waals surface area contributed by atoms with E-state index < -0.39 is 5.72 Å². The first-order valence-electron chi connectivity index (χ1n) is 9.84. The summed E-state index contributed by atoms with van der Waals surface area (Å²) in [6.45, 7) is 2.86. The second-order valence-corrected chi connectivity index (χ2v) is 8.53. The maximum absolute atomic E-state index is 13.5. The summed E-state index contributed by atoms with van der Waals surface area (Å²) in [7, 11) is 0. The van der Waals surface area contributed by atoms with Crippen LogP contribution in [0, 0.1) is 24.7 Å². The van der Waals surface area contributed by atoms with Gasteiger partial charge in [0.05, 0.1) is 6.61 Å². The Hall–Kier alpha value is -2.13. The molecular weight excluding hydrogens is 322 g/mol. The van der Waals surface area contributed by atoms with Gasteiger partial charge in [-0.1, -0.05) is 48.0 Å². The largest absolute Gasteiger partial charge is 0.347 e. The number of hydrogen-bond acceptors (Lipinski definition) is 2. The van der Waals surface area contributed by atoms with Gasteiger partial charge in [-0.15, -0.1) is 0 Å². The lowest BCUT2D eigenvalue weighted by Gasteiger charge is -2.52. The summed E-state index contributed by atoms with van der Waals surface area (Å²) in [6.07, 6.45) is 3.83. The van der Waals surface area contributed by atoms with Gasteiger partial charge in [-0.05, 0) is 44.1 Å². The third-order valence-corrected chi connectivity index (χ3v) is 7.35. The van der Waals surface area contributed by atoms with Gasteiger partial charge in [0.1, 0.15) is 0 Å². The van der Waals surface area contributed by atoms with Crippen molar-refractivity contribution in [3.8, 4) is 0 Å². The smallest absolute Gasteiger partial charge is 0.257 e. The summed E-state index contributed by atoms with van der Waals surface area (Å²) < 4.78 is 6.68. The number of fused-ring (bicyclic) bond motifs is 9. The van der Waals surface area contributed by atoms with Crippen LogP contribution in [0.4, 0.5) is 0 Å². The average Bonchev–Trinajstić information content (AvgIpc) is 3.35. The van der Waals surface area contributed by atoms with E-state index in [1.54, 1.807) is 0 Å². The van der Waals surface area contributed by atoms with Gasteiger partial charge in [-0.2, -0.15) is 0 Å². The number of rotatable bonds is 1. The molecule has 2 aliphatic carbocycles. The summed E-state index contributed by atoms with van der Waals surface area (Å²) in [4.78, 5) is 15.7. The van der Waals surface area contributed by atoms with Crippen LogP contribution in [0.2, 0.25) is 0 Å². The van der Waals surface area contributed by atoms with Gasteiger partial charge in [0.2, 0.25) is 0 Å². The van der Waals surface area contributed by atoms with E-state index in [9.17, 15) is 4.79 Å². The lowest BCUT2D eigenvalue weighted by molar-refractivity contribution is -0.191. The zero-order chi connectivity index (χ0) is 17.5. The lowest BCUT2D eigenvalue weighted by Crippen LogP contribution is -2.61. The molecular formula is C23H23NO2. The van der Waals surface area contributed by atoms with Crippen molar-refractivity contribution >= 4 is 5.91 Å². The monoisotopic (exact) mass is 345 g/mol. The van der Waals surface area contributed by atoms with Crippen LogP contribution in [0.1, 0.15) is 46.3 Å². The molecule has 2 aromatic carbocycles. The van der Waals surface area contributed by atoms with Crippen molar-refractivity contribution in [2.45, 2.75) is 38.0 Å². The molecule has 5 atom stereocenters. The molecule has 0 aromatic heterocycles. The minimum atomic E-state index is -0.743. The molecule has 2 saturated carbocycles. The van der Waals surface area contributed by atoms with E-state index in [1.165, 1.54) is 24.8 Å². The van der Waals surface area contributed by atoms with Crippen LogP contribution >= 0.6 is 0 Å². The van der Waals surface area contributed by atoms with E-state index in [0.717, 1.165) is 29.2 Å². The lowest BCUT2D eigenvalue weighted by atomic mass is 9.80. The Morgan fingerprint density at radius 1 is 1.04 bits per heavy atom. The van der Waals surface area contributed by atoms with Crippen molar-refractivity contribution in [3.63, 3.8) is 0 Å². The highest BCUT2D eigenvalue weighted by atomic mass is 16.5. The standard InChI is InChI=1S/C23H23NO2/c1-14-6-10-17(11-7-14)23-20-5-3-2-4-18(20)22(25)24(23)21-16-9-8-15(12-16)19(21)13-26-23/h2-7,10-11,15-16,19,21H,8-9,12-13H2,1H3/t15-,16+,19+,21-,23+/m0/s1. The molecule has 1 amide bonds. The molecule has 2 aliphatic heterocycles. The first kappa shape index (κ1) is 15.0. The van der Waals surface area contributed by atoms with Crippen molar-refractivity contribution in [2.75, 3.05) is 6.61 Å². The number of amides is 1. The Morgan fingerprint density at radius 2 is 1.81 bits per heavy atom. The SMILES string of the molecule is Cc1ccc([C@]23OC[C@@H]4[C@H]5CC[C@H](C5)[C@@H]4N2C(=O)c2ccccc23)cc1. The Morgan fingerprint density at radius 3 is 2.65 bits per heavy atom. The maximum Gasteiger partial charge on any atom is 0.257 e. The molecule has 4 aliphatic rings. The van der Waals surface area contributed by atoms with E-state index in [2.05, 4.69) is 42.2 Å². The van der Waals surface area contributed by atoms with E-state index in [4.69, 9.17) is 4.74 Å². The number of hydrogen-bond donors (Lipinski definition) is 0. The molecule has 3 heteroatoms. The zero-order valence-corrected chi connectivity index (χ0v) is 15.0. The van der Waals surface area contributed by atoms with E-state index in [-0.39, 0.29) is 5.91 Å². The van der Waals surface area contributed by atoms with Gasteiger partial charge in [-0.25, -0.2) is 0 Å². The highest BCUT2D eigenvalue weighted by molar-refractivity contribution is 6.00. The first-order valence-corrected chi connectivity index (χ1v) is 9.84. The third-order valence-electron chi connectivity index (χ3n) is 7.35. The van der Waals surface area contributed by atoms with Gasteiger partial charge in [0, 0.05) is 28.7 Å². The fourth-order valence-electron chi connectivity index (χ4n) is 6.25. The van der Waals surface area contributed by atoms with Crippen molar-refractivity contribution in [1.82, 2.24) is 4.90 Å². The molecule has 0 spiro atoms. The molecule has 2 heterocycles. The van der Waals surface area contributed by atoms with E-state index in [1.807, 2.05) is 18.2 Å². The topological polar surface area (TPSA) is 29.5 Å². The number of carbonyl (C=O) groups excluding carboxylic acids is 1. The molecule has 26 heavy (non-hydrogen) atoms. The summed E-state index contributed by atoms with van der Waals surface area (Å²) >= 11 is 0. The van der Waals surface area contributed by atoms with Crippen molar-refractivity contribution in [3.05, 3.63) is 70.8 Å². The van der Waals surface area contributed by atoms with Gasteiger partial charge in [-0.3, -0.25) is 9.69 Å². The molecule has 3 nitrogen and oxygen atoms in total. The van der Waals surface area contributed by atoms with Gasteiger partial charge >= 0.3 is 0 Å². The first-order chi connectivity index (χ1) is 12.7. The number of aryl methyl sites for hydroxylation is 1. The zero-order valence-electron chi connectivity index (χ0n) is 15.0. The fourth-order valence-corrected chi connectivity index (χ4v) is 6.25. The molecule has 0 N–H and O–H groups in total. The highest BCUT2D eigenvalue weighted by Gasteiger charge is 2.64. The fraction of sp³-hybridized carbons (Fsp3) is 0.435. The average molecular weight is 345 g/mol. The number of carbonyl (C=O) groups is 1. The minimum Gasteiger partial charge on any atom is -0.347 e. The molecule has 3 fully saturated rings. The summed E-state index contributed by atoms with van der Waals surface area (Å²) in [5, 5.41) is 0. The molecule has 0 radical (unpaired) electrons. The molecule has 6 rings (SSSR count). The molecule has 2 bridgehead atoms. The molecule has 0 unspecified atom stereocenters. The van der Waals surface area contributed by atoms with Crippen LogP contribution in [-0.4, -0.2) is 23.5 Å². The Labute approximate surface area is 154 Å². The second-order valence-electron chi connectivity index (χ2n) is 8.53. The molecule has 2 aromatic rings.